The van der Waals surface area contributed by atoms with Gasteiger partial charge in [-0.1, -0.05) is 55.1 Å². The molecule has 3 aromatic carbocycles. The highest BCUT2D eigenvalue weighted by Gasteiger charge is 2.17. The van der Waals surface area contributed by atoms with Gasteiger partial charge in [-0.2, -0.15) is 0 Å². The number of amides is 1. The molecular weight excluding hydrogens is 462 g/mol. The quantitative estimate of drug-likeness (QED) is 0.299. The molecule has 7 nitrogen and oxygen atoms in total. The van der Waals surface area contributed by atoms with E-state index in [1.54, 1.807) is 10.6 Å². The minimum absolute atomic E-state index is 0.128. The number of hydrogen-bond acceptors (Lipinski definition) is 6. The average molecular weight is 488 g/mol. The van der Waals surface area contributed by atoms with E-state index in [9.17, 15) is 9.59 Å². The zero-order valence-electron chi connectivity index (χ0n) is 19.5. The van der Waals surface area contributed by atoms with Gasteiger partial charge < -0.3 is 14.8 Å². The van der Waals surface area contributed by atoms with Crippen molar-refractivity contribution in [2.24, 2.45) is 0 Å². The smallest absolute Gasteiger partial charge is 0.262 e. The third-order valence-electron chi connectivity index (χ3n) is 5.94. The van der Waals surface area contributed by atoms with E-state index < -0.39 is 0 Å². The van der Waals surface area contributed by atoms with Crippen molar-refractivity contribution >= 4 is 34.3 Å². The number of carbonyl (C=O) groups is 1. The van der Waals surface area contributed by atoms with Crippen molar-refractivity contribution in [1.29, 1.82) is 0 Å². The summed E-state index contributed by atoms with van der Waals surface area (Å²) in [5.41, 5.74) is 4.30. The molecule has 1 amide bonds. The summed E-state index contributed by atoms with van der Waals surface area (Å²) in [5.74, 6) is 1.33. The van der Waals surface area contributed by atoms with Gasteiger partial charge in [0, 0.05) is 5.69 Å². The highest BCUT2D eigenvalue weighted by molar-refractivity contribution is 7.99. The Hall–Kier alpha value is -3.78. The summed E-state index contributed by atoms with van der Waals surface area (Å²) in [5, 5.41) is 4.07. The topological polar surface area (TPSA) is 82.5 Å². The van der Waals surface area contributed by atoms with Crippen LogP contribution in [0.3, 0.4) is 0 Å². The maximum Gasteiger partial charge on any atom is 0.262 e. The number of carbonyl (C=O) groups excluding carboxylic acids is 1. The number of nitrogens with one attached hydrogen (secondary N) is 1. The van der Waals surface area contributed by atoms with Crippen molar-refractivity contribution < 1.29 is 14.3 Å². The van der Waals surface area contributed by atoms with Crippen LogP contribution in [0.4, 0.5) is 5.69 Å². The van der Waals surface area contributed by atoms with Crippen molar-refractivity contribution in [1.82, 2.24) is 9.55 Å². The molecule has 4 aromatic rings. The molecule has 8 heteroatoms. The van der Waals surface area contributed by atoms with Gasteiger partial charge >= 0.3 is 0 Å². The monoisotopic (exact) mass is 487 g/mol. The number of aryl methyl sites for hydroxylation is 2. The van der Waals surface area contributed by atoms with Crippen LogP contribution in [-0.2, 0) is 17.8 Å². The Kier molecular flexibility index (Phi) is 6.46. The summed E-state index contributed by atoms with van der Waals surface area (Å²) >= 11 is 1.25. The van der Waals surface area contributed by atoms with Crippen LogP contribution in [0.1, 0.15) is 23.6 Å². The Morgan fingerprint density at radius 2 is 1.91 bits per heavy atom. The van der Waals surface area contributed by atoms with Crippen LogP contribution in [0.5, 0.6) is 11.5 Å². The second-order valence-electron chi connectivity index (χ2n) is 8.29. The van der Waals surface area contributed by atoms with Crippen LogP contribution in [0.2, 0.25) is 0 Å². The molecule has 5 rings (SSSR count). The second-order valence-corrected chi connectivity index (χ2v) is 9.23. The molecule has 2 heterocycles. The fourth-order valence-electron chi connectivity index (χ4n) is 4.13. The van der Waals surface area contributed by atoms with Crippen LogP contribution in [0.15, 0.2) is 70.6 Å². The van der Waals surface area contributed by atoms with Gasteiger partial charge in [-0.25, -0.2) is 4.98 Å². The van der Waals surface area contributed by atoms with Gasteiger partial charge in [0.2, 0.25) is 12.7 Å². The first-order valence-corrected chi connectivity index (χ1v) is 12.4. The summed E-state index contributed by atoms with van der Waals surface area (Å²) in [4.78, 5) is 31.0. The van der Waals surface area contributed by atoms with Gasteiger partial charge in [-0.15, -0.1) is 0 Å². The molecular formula is C27H25N3O4S. The molecule has 0 radical (unpaired) electrons. The number of nitrogens with zero attached hydrogens (tertiary/aromatic N) is 2. The SMILES string of the molecule is CCc1cccc(C)c1NC(=O)CSc1nc2ccccc2c(=O)n1Cc1ccc2c(c1)OCO2. The molecule has 0 saturated carbocycles. The fraction of sp³-hybridized carbons (Fsp3) is 0.222. The van der Waals surface area contributed by atoms with E-state index in [0.29, 0.717) is 34.1 Å². The standard InChI is InChI=1S/C27H25N3O4S/c1-3-19-8-6-7-17(2)25(19)29-24(31)15-35-27-28-21-10-5-4-9-20(21)26(32)30(27)14-18-11-12-22-23(13-18)34-16-33-22/h4-13H,3,14-16H2,1-2H3,(H,29,31). The third kappa shape index (κ3) is 4.74. The fourth-order valence-corrected chi connectivity index (χ4v) is 4.93. The van der Waals surface area contributed by atoms with Crippen LogP contribution in [0, 0.1) is 6.92 Å². The highest BCUT2D eigenvalue weighted by Crippen LogP contribution is 2.33. The van der Waals surface area contributed by atoms with E-state index >= 15 is 0 Å². The van der Waals surface area contributed by atoms with E-state index in [1.165, 1.54) is 11.8 Å². The first-order valence-electron chi connectivity index (χ1n) is 11.4. The zero-order chi connectivity index (χ0) is 24.4. The maximum atomic E-state index is 13.4. The van der Waals surface area contributed by atoms with Gasteiger partial charge in [0.15, 0.2) is 16.7 Å². The lowest BCUT2D eigenvalue weighted by Crippen LogP contribution is -2.25. The molecule has 1 N–H and O–H groups in total. The van der Waals surface area contributed by atoms with Crippen molar-refractivity contribution in [2.45, 2.75) is 32.0 Å². The van der Waals surface area contributed by atoms with E-state index in [-0.39, 0.29) is 24.0 Å². The minimum atomic E-state index is -0.150. The lowest BCUT2D eigenvalue weighted by Gasteiger charge is -2.15. The van der Waals surface area contributed by atoms with Crippen molar-refractivity contribution in [3.63, 3.8) is 0 Å². The summed E-state index contributed by atoms with van der Waals surface area (Å²) in [6.45, 7) is 4.53. The van der Waals surface area contributed by atoms with Gasteiger partial charge in [0.1, 0.15) is 0 Å². The number of ether oxygens (including phenoxy) is 2. The minimum Gasteiger partial charge on any atom is -0.454 e. The molecule has 35 heavy (non-hydrogen) atoms. The van der Waals surface area contributed by atoms with Crippen molar-refractivity contribution in [3.8, 4) is 11.5 Å². The number of rotatable bonds is 7. The molecule has 1 aliphatic heterocycles. The Morgan fingerprint density at radius 3 is 2.77 bits per heavy atom. The first kappa shape index (κ1) is 23.0. The number of benzene rings is 3. The number of fused-ring (bicyclic) bond motifs is 2. The normalized spacial score (nSPS) is 12.2. The summed E-state index contributed by atoms with van der Waals surface area (Å²) in [6, 6.07) is 18.9. The maximum absolute atomic E-state index is 13.4. The number of hydrogen-bond donors (Lipinski definition) is 1. The molecule has 1 aromatic heterocycles. The second kappa shape index (κ2) is 9.84. The molecule has 178 valence electrons. The summed E-state index contributed by atoms with van der Waals surface area (Å²) < 4.78 is 12.5. The lowest BCUT2D eigenvalue weighted by atomic mass is 10.1. The largest absolute Gasteiger partial charge is 0.454 e. The Labute approximate surface area is 207 Å². The predicted octanol–water partition coefficient (Wildman–Crippen LogP) is 4.78. The summed E-state index contributed by atoms with van der Waals surface area (Å²) in [7, 11) is 0. The van der Waals surface area contributed by atoms with Crippen LogP contribution in [-0.4, -0.2) is 28.0 Å². The Bertz CT molecular complexity index is 1480. The van der Waals surface area contributed by atoms with Crippen LogP contribution < -0.4 is 20.3 Å². The van der Waals surface area contributed by atoms with Gasteiger partial charge in [0.05, 0.1) is 23.2 Å². The first-order chi connectivity index (χ1) is 17.0. The number of aromatic nitrogens is 2. The Morgan fingerprint density at radius 1 is 1.09 bits per heavy atom. The highest BCUT2D eigenvalue weighted by atomic mass is 32.2. The average Bonchev–Trinajstić information content (AvgIpc) is 3.34. The molecule has 0 saturated heterocycles. The number of anilines is 1. The van der Waals surface area contributed by atoms with E-state index in [4.69, 9.17) is 14.5 Å². The van der Waals surface area contributed by atoms with Crippen LogP contribution >= 0.6 is 11.8 Å². The van der Waals surface area contributed by atoms with Crippen LogP contribution in [0.25, 0.3) is 10.9 Å². The predicted molar refractivity (Wildman–Crippen MR) is 138 cm³/mol. The van der Waals surface area contributed by atoms with Gasteiger partial charge in [-0.05, 0) is 54.3 Å². The molecule has 0 bridgehead atoms. The Balaban J connectivity index is 1.43. The van der Waals surface area contributed by atoms with Crippen molar-refractivity contribution in [3.05, 3.63) is 87.7 Å². The number of thioether (sulfide) groups is 1. The molecule has 1 aliphatic rings. The molecule has 0 spiro atoms. The van der Waals surface area contributed by atoms with E-state index in [0.717, 1.165) is 28.8 Å². The summed E-state index contributed by atoms with van der Waals surface area (Å²) in [6.07, 6.45) is 0.825. The van der Waals surface area contributed by atoms with E-state index in [2.05, 4.69) is 12.2 Å². The zero-order valence-corrected chi connectivity index (χ0v) is 20.4. The molecule has 0 aliphatic carbocycles. The molecule has 0 fully saturated rings. The number of para-hydroxylation sites is 2. The molecule has 0 unspecified atom stereocenters. The van der Waals surface area contributed by atoms with Gasteiger partial charge in [0.25, 0.3) is 5.56 Å². The molecule has 0 atom stereocenters. The van der Waals surface area contributed by atoms with Gasteiger partial charge in [-0.3, -0.25) is 14.2 Å². The van der Waals surface area contributed by atoms with Crippen molar-refractivity contribution in [2.75, 3.05) is 17.9 Å². The third-order valence-corrected chi connectivity index (χ3v) is 6.92. The van der Waals surface area contributed by atoms with E-state index in [1.807, 2.05) is 61.5 Å². The lowest BCUT2D eigenvalue weighted by molar-refractivity contribution is -0.113.